The Balaban J connectivity index is 1.45. The van der Waals surface area contributed by atoms with Crippen LogP contribution in [0.5, 0.6) is 0 Å². The molecule has 6 nitrogen and oxygen atoms in total. The summed E-state index contributed by atoms with van der Waals surface area (Å²) in [6.45, 7) is 0.738. The number of nitrogen functional groups attached to an aromatic ring is 1. The van der Waals surface area contributed by atoms with Crippen molar-refractivity contribution >= 4 is 11.7 Å². The minimum Gasteiger partial charge on any atom is -0.379 e. The van der Waals surface area contributed by atoms with Gasteiger partial charge < -0.3 is 11.1 Å². The third-order valence-corrected chi connectivity index (χ3v) is 5.52. The van der Waals surface area contributed by atoms with Gasteiger partial charge in [-0.1, -0.05) is 0 Å². The molecule has 4 aliphatic rings. The first-order valence-corrected chi connectivity index (χ1v) is 7.50. The highest BCUT2D eigenvalue weighted by Crippen LogP contribution is 2.59. The molecule has 0 atom stereocenters. The summed E-state index contributed by atoms with van der Waals surface area (Å²) in [7, 11) is 0. The normalized spacial score (nSPS) is 38.1. The summed E-state index contributed by atoms with van der Waals surface area (Å²) in [6, 6.07) is 0. The van der Waals surface area contributed by atoms with Crippen molar-refractivity contribution in [3.05, 3.63) is 5.69 Å². The van der Waals surface area contributed by atoms with E-state index in [1.54, 1.807) is 0 Å². The number of rotatable bonds is 3. The largest absolute Gasteiger partial charge is 0.379 e. The summed E-state index contributed by atoms with van der Waals surface area (Å²) < 4.78 is 4.48. The van der Waals surface area contributed by atoms with E-state index in [2.05, 4.69) is 20.3 Å². The first-order valence-electron chi connectivity index (χ1n) is 7.50. The Bertz CT molecular complexity index is 504. The highest BCUT2D eigenvalue weighted by molar-refractivity contribution is 5.95. The van der Waals surface area contributed by atoms with Crippen molar-refractivity contribution in [1.29, 1.82) is 0 Å². The van der Waals surface area contributed by atoms with E-state index in [-0.39, 0.29) is 17.4 Å². The van der Waals surface area contributed by atoms with Crippen LogP contribution in [0.2, 0.25) is 0 Å². The van der Waals surface area contributed by atoms with Crippen LogP contribution in [0.4, 0.5) is 5.82 Å². The first-order chi connectivity index (χ1) is 9.63. The molecule has 4 aliphatic carbocycles. The highest BCUT2D eigenvalue weighted by Gasteiger charge is 2.50. The SMILES string of the molecule is Nc1nonc1C(=O)NCC12CC3CC(CC(C3)C1)C2. The molecule has 0 radical (unpaired) electrons. The molecule has 108 valence electrons. The topological polar surface area (TPSA) is 94.0 Å². The Hall–Kier alpha value is -1.59. The Morgan fingerprint density at radius 3 is 2.30 bits per heavy atom. The average molecular weight is 276 g/mol. The van der Waals surface area contributed by atoms with Gasteiger partial charge in [0.2, 0.25) is 11.5 Å². The Kier molecular flexibility index (Phi) is 2.56. The van der Waals surface area contributed by atoms with Gasteiger partial charge in [0, 0.05) is 6.54 Å². The van der Waals surface area contributed by atoms with E-state index in [1.807, 2.05) is 0 Å². The molecular weight excluding hydrogens is 256 g/mol. The predicted molar refractivity (Wildman–Crippen MR) is 71.6 cm³/mol. The van der Waals surface area contributed by atoms with Crippen molar-refractivity contribution in [3.63, 3.8) is 0 Å². The van der Waals surface area contributed by atoms with Crippen LogP contribution in [-0.2, 0) is 0 Å². The van der Waals surface area contributed by atoms with Crippen molar-refractivity contribution < 1.29 is 9.42 Å². The molecule has 4 bridgehead atoms. The smallest absolute Gasteiger partial charge is 0.277 e. The molecule has 6 heteroatoms. The van der Waals surface area contributed by atoms with Gasteiger partial charge in [0.05, 0.1) is 0 Å². The Morgan fingerprint density at radius 1 is 1.20 bits per heavy atom. The van der Waals surface area contributed by atoms with E-state index in [4.69, 9.17) is 5.73 Å². The zero-order valence-corrected chi connectivity index (χ0v) is 11.5. The van der Waals surface area contributed by atoms with Crippen LogP contribution in [0.25, 0.3) is 0 Å². The molecule has 20 heavy (non-hydrogen) atoms. The van der Waals surface area contributed by atoms with Crippen molar-refractivity contribution in [3.8, 4) is 0 Å². The van der Waals surface area contributed by atoms with Crippen molar-refractivity contribution in [2.24, 2.45) is 23.2 Å². The minimum atomic E-state index is -0.264. The number of carbonyl (C=O) groups excluding carboxylic acids is 1. The Morgan fingerprint density at radius 2 is 1.80 bits per heavy atom. The number of hydrogen-bond acceptors (Lipinski definition) is 5. The second kappa shape index (κ2) is 4.20. The van der Waals surface area contributed by atoms with Gasteiger partial charge in [-0.25, -0.2) is 4.63 Å². The van der Waals surface area contributed by atoms with E-state index in [1.165, 1.54) is 38.5 Å². The summed E-state index contributed by atoms with van der Waals surface area (Å²) in [5.41, 5.74) is 5.97. The lowest BCUT2D eigenvalue weighted by Gasteiger charge is -2.56. The van der Waals surface area contributed by atoms with E-state index < -0.39 is 0 Å². The number of carbonyl (C=O) groups is 1. The second-order valence-corrected chi connectivity index (χ2v) is 7.10. The van der Waals surface area contributed by atoms with E-state index >= 15 is 0 Å². The summed E-state index contributed by atoms with van der Waals surface area (Å²) in [4.78, 5) is 12.1. The number of aromatic nitrogens is 2. The number of hydrogen-bond donors (Lipinski definition) is 2. The van der Waals surface area contributed by atoms with Gasteiger partial charge in [0.25, 0.3) is 5.91 Å². The number of nitrogens with zero attached hydrogens (tertiary/aromatic N) is 2. The maximum atomic E-state index is 12.1. The zero-order valence-electron chi connectivity index (χ0n) is 11.5. The molecule has 0 aromatic carbocycles. The molecule has 1 aromatic rings. The number of anilines is 1. The second-order valence-electron chi connectivity index (χ2n) is 7.10. The molecular formula is C14H20N4O2. The summed E-state index contributed by atoms with van der Waals surface area (Å²) in [5, 5.41) is 10.0. The van der Waals surface area contributed by atoms with Gasteiger partial charge in [-0.05, 0) is 72.0 Å². The third kappa shape index (κ3) is 1.89. The highest BCUT2D eigenvalue weighted by atomic mass is 16.6. The monoisotopic (exact) mass is 276 g/mol. The standard InChI is InChI=1S/C14H20N4O2/c15-12-11(17-20-18-12)13(19)16-7-14-4-8-1-9(5-14)3-10(2-8)6-14/h8-10H,1-7H2,(H2,15,18)(H,16,19). The molecule has 1 amide bonds. The third-order valence-electron chi connectivity index (χ3n) is 5.52. The van der Waals surface area contributed by atoms with Crippen LogP contribution in [0.1, 0.15) is 49.0 Å². The maximum Gasteiger partial charge on any atom is 0.277 e. The number of nitrogens with two attached hydrogens (primary N) is 1. The van der Waals surface area contributed by atoms with Crippen molar-refractivity contribution in [2.75, 3.05) is 12.3 Å². The summed E-state index contributed by atoms with van der Waals surface area (Å²) >= 11 is 0. The van der Waals surface area contributed by atoms with Crippen molar-refractivity contribution in [1.82, 2.24) is 15.6 Å². The van der Waals surface area contributed by atoms with Crippen LogP contribution in [0, 0.1) is 23.2 Å². The maximum absolute atomic E-state index is 12.1. The van der Waals surface area contributed by atoms with Crippen LogP contribution in [-0.4, -0.2) is 22.8 Å². The van der Waals surface area contributed by atoms with E-state index in [9.17, 15) is 4.79 Å². The van der Waals surface area contributed by atoms with Gasteiger partial charge in [-0.15, -0.1) is 0 Å². The molecule has 4 fully saturated rings. The van der Waals surface area contributed by atoms with Gasteiger partial charge >= 0.3 is 0 Å². The van der Waals surface area contributed by atoms with Crippen LogP contribution < -0.4 is 11.1 Å². The number of amides is 1. The van der Waals surface area contributed by atoms with Crippen LogP contribution in [0.3, 0.4) is 0 Å². The lowest BCUT2D eigenvalue weighted by atomic mass is 9.49. The quantitative estimate of drug-likeness (QED) is 0.874. The zero-order chi connectivity index (χ0) is 13.7. The van der Waals surface area contributed by atoms with Crippen LogP contribution >= 0.6 is 0 Å². The molecule has 0 spiro atoms. The molecule has 1 heterocycles. The fourth-order valence-electron chi connectivity index (χ4n) is 5.21. The fourth-order valence-corrected chi connectivity index (χ4v) is 5.21. The molecule has 0 saturated heterocycles. The summed E-state index contributed by atoms with van der Waals surface area (Å²) in [5.74, 6) is 2.46. The van der Waals surface area contributed by atoms with Gasteiger partial charge in [-0.3, -0.25) is 4.79 Å². The lowest BCUT2D eigenvalue weighted by Crippen LogP contribution is -2.51. The molecule has 0 aliphatic heterocycles. The molecule has 4 saturated carbocycles. The van der Waals surface area contributed by atoms with Crippen molar-refractivity contribution in [2.45, 2.75) is 38.5 Å². The number of nitrogens with one attached hydrogen (secondary N) is 1. The Labute approximate surface area is 117 Å². The van der Waals surface area contributed by atoms with Crippen LogP contribution in [0.15, 0.2) is 4.63 Å². The lowest BCUT2D eigenvalue weighted by molar-refractivity contribution is -0.0503. The fraction of sp³-hybridized carbons (Fsp3) is 0.786. The van der Waals surface area contributed by atoms with Gasteiger partial charge in [0.15, 0.2) is 0 Å². The van der Waals surface area contributed by atoms with Gasteiger partial charge in [0.1, 0.15) is 0 Å². The molecule has 1 aromatic heterocycles. The average Bonchev–Trinajstić information content (AvgIpc) is 2.81. The van der Waals surface area contributed by atoms with E-state index in [0.29, 0.717) is 5.41 Å². The molecule has 3 N–H and O–H groups in total. The molecule has 5 rings (SSSR count). The molecule has 0 unspecified atom stereocenters. The minimum absolute atomic E-state index is 0.0630. The van der Waals surface area contributed by atoms with Gasteiger partial charge in [-0.2, -0.15) is 0 Å². The summed E-state index contributed by atoms with van der Waals surface area (Å²) in [6.07, 6.45) is 8.04. The predicted octanol–water partition coefficient (Wildman–Crippen LogP) is 1.60. The first kappa shape index (κ1) is 12.2. The van der Waals surface area contributed by atoms with E-state index in [0.717, 1.165) is 24.3 Å².